The predicted octanol–water partition coefficient (Wildman–Crippen LogP) is 2.11. The molecule has 0 aromatic heterocycles. The Morgan fingerprint density at radius 1 is 1.50 bits per heavy atom. The van der Waals surface area contributed by atoms with E-state index in [0.717, 1.165) is 4.47 Å². The van der Waals surface area contributed by atoms with Crippen molar-refractivity contribution in [3.05, 3.63) is 28.2 Å². The minimum absolute atomic E-state index is 0.539. The molecule has 0 spiro atoms. The van der Waals surface area contributed by atoms with Gasteiger partial charge in [-0.25, -0.2) is 0 Å². The molecule has 0 radical (unpaired) electrons. The van der Waals surface area contributed by atoms with Crippen molar-refractivity contribution in [3.8, 4) is 0 Å². The first-order chi connectivity index (χ1) is 5.65. The SMILES string of the molecule is Cc1ccc(Br)cc1N(C)CN. The number of halogens is 1. The second kappa shape index (κ2) is 3.92. The lowest BCUT2D eigenvalue weighted by atomic mass is 10.2. The highest BCUT2D eigenvalue weighted by molar-refractivity contribution is 9.10. The van der Waals surface area contributed by atoms with E-state index in [1.165, 1.54) is 11.3 Å². The maximum absolute atomic E-state index is 5.53. The van der Waals surface area contributed by atoms with Gasteiger partial charge >= 0.3 is 0 Å². The number of nitrogens with zero attached hydrogens (tertiary/aromatic N) is 1. The van der Waals surface area contributed by atoms with Crippen LogP contribution >= 0.6 is 15.9 Å². The molecule has 1 aromatic rings. The number of aryl methyl sites for hydroxylation is 1. The van der Waals surface area contributed by atoms with Gasteiger partial charge in [-0.15, -0.1) is 0 Å². The molecule has 0 heterocycles. The van der Waals surface area contributed by atoms with Crippen LogP contribution in [0.25, 0.3) is 0 Å². The van der Waals surface area contributed by atoms with Crippen LogP contribution in [-0.2, 0) is 0 Å². The largest absolute Gasteiger partial charge is 0.362 e. The molecule has 0 amide bonds. The molecule has 0 unspecified atom stereocenters. The standard InChI is InChI=1S/C9H13BrN2/c1-7-3-4-8(10)5-9(7)12(2)6-11/h3-5H,6,11H2,1-2H3. The van der Waals surface area contributed by atoms with Gasteiger partial charge in [0.05, 0.1) is 6.67 Å². The van der Waals surface area contributed by atoms with Gasteiger partial charge in [0.1, 0.15) is 0 Å². The first-order valence-corrected chi connectivity index (χ1v) is 4.62. The van der Waals surface area contributed by atoms with Gasteiger partial charge < -0.3 is 10.6 Å². The molecule has 66 valence electrons. The average molecular weight is 229 g/mol. The molecule has 0 saturated carbocycles. The lowest BCUT2D eigenvalue weighted by Crippen LogP contribution is -2.25. The average Bonchev–Trinajstić information content (AvgIpc) is 2.08. The summed E-state index contributed by atoms with van der Waals surface area (Å²) in [6, 6.07) is 6.18. The van der Waals surface area contributed by atoms with Crippen LogP contribution in [-0.4, -0.2) is 13.7 Å². The van der Waals surface area contributed by atoms with E-state index in [-0.39, 0.29) is 0 Å². The van der Waals surface area contributed by atoms with Gasteiger partial charge in [0.15, 0.2) is 0 Å². The molecule has 0 saturated heterocycles. The van der Waals surface area contributed by atoms with Crippen molar-refractivity contribution in [1.29, 1.82) is 0 Å². The van der Waals surface area contributed by atoms with Crippen molar-refractivity contribution >= 4 is 21.6 Å². The van der Waals surface area contributed by atoms with Crippen LogP contribution in [0, 0.1) is 6.92 Å². The van der Waals surface area contributed by atoms with E-state index in [2.05, 4.69) is 35.0 Å². The zero-order chi connectivity index (χ0) is 9.14. The molecule has 1 aromatic carbocycles. The first-order valence-electron chi connectivity index (χ1n) is 3.82. The second-order valence-electron chi connectivity index (χ2n) is 2.81. The Hall–Kier alpha value is -0.540. The van der Waals surface area contributed by atoms with Crippen molar-refractivity contribution in [2.45, 2.75) is 6.92 Å². The third-order valence-corrected chi connectivity index (χ3v) is 2.35. The summed E-state index contributed by atoms with van der Waals surface area (Å²) in [6.45, 7) is 2.62. The van der Waals surface area contributed by atoms with Gasteiger partial charge in [-0.05, 0) is 24.6 Å². The lowest BCUT2D eigenvalue weighted by Gasteiger charge is -2.19. The molecular weight excluding hydrogens is 216 g/mol. The van der Waals surface area contributed by atoms with E-state index in [4.69, 9.17) is 5.73 Å². The summed E-state index contributed by atoms with van der Waals surface area (Å²) in [6.07, 6.45) is 0. The zero-order valence-corrected chi connectivity index (χ0v) is 8.93. The highest BCUT2D eigenvalue weighted by Crippen LogP contribution is 2.22. The van der Waals surface area contributed by atoms with Crippen molar-refractivity contribution in [3.63, 3.8) is 0 Å². The van der Waals surface area contributed by atoms with Crippen LogP contribution in [0.1, 0.15) is 5.56 Å². The maximum Gasteiger partial charge on any atom is 0.0653 e. The van der Waals surface area contributed by atoms with Crippen LogP contribution in [0.4, 0.5) is 5.69 Å². The molecular formula is C9H13BrN2. The number of benzene rings is 1. The van der Waals surface area contributed by atoms with E-state index < -0.39 is 0 Å². The first kappa shape index (κ1) is 9.55. The summed E-state index contributed by atoms with van der Waals surface area (Å²) in [5.74, 6) is 0. The summed E-state index contributed by atoms with van der Waals surface area (Å²) in [4.78, 5) is 2.01. The smallest absolute Gasteiger partial charge is 0.0653 e. The topological polar surface area (TPSA) is 29.3 Å². The molecule has 0 aliphatic heterocycles. The fourth-order valence-electron chi connectivity index (χ4n) is 1.09. The van der Waals surface area contributed by atoms with E-state index in [1.807, 2.05) is 18.0 Å². The minimum Gasteiger partial charge on any atom is -0.362 e. The van der Waals surface area contributed by atoms with Gasteiger partial charge in [0, 0.05) is 17.2 Å². The summed E-state index contributed by atoms with van der Waals surface area (Å²) >= 11 is 3.43. The Morgan fingerprint density at radius 3 is 2.75 bits per heavy atom. The van der Waals surface area contributed by atoms with Gasteiger partial charge in [-0.1, -0.05) is 22.0 Å². The van der Waals surface area contributed by atoms with Gasteiger partial charge in [0.25, 0.3) is 0 Å². The highest BCUT2D eigenvalue weighted by atomic mass is 79.9. The third-order valence-electron chi connectivity index (χ3n) is 1.86. The summed E-state index contributed by atoms with van der Waals surface area (Å²) in [5.41, 5.74) is 7.95. The number of hydrogen-bond donors (Lipinski definition) is 1. The minimum atomic E-state index is 0.539. The lowest BCUT2D eigenvalue weighted by molar-refractivity contribution is 0.927. The van der Waals surface area contributed by atoms with E-state index in [0.29, 0.717) is 6.67 Å². The molecule has 12 heavy (non-hydrogen) atoms. The molecule has 3 heteroatoms. The van der Waals surface area contributed by atoms with Crippen molar-refractivity contribution in [2.75, 3.05) is 18.6 Å². The summed E-state index contributed by atoms with van der Waals surface area (Å²) < 4.78 is 1.09. The number of nitrogens with two attached hydrogens (primary N) is 1. The van der Waals surface area contributed by atoms with Crippen molar-refractivity contribution in [2.24, 2.45) is 5.73 Å². The monoisotopic (exact) mass is 228 g/mol. The van der Waals surface area contributed by atoms with Gasteiger partial charge in [-0.3, -0.25) is 0 Å². The van der Waals surface area contributed by atoms with Crippen LogP contribution in [0.2, 0.25) is 0 Å². The van der Waals surface area contributed by atoms with Crippen LogP contribution in [0.3, 0.4) is 0 Å². The molecule has 0 bridgehead atoms. The summed E-state index contributed by atoms with van der Waals surface area (Å²) in [7, 11) is 1.98. The molecule has 0 atom stereocenters. The Balaban J connectivity index is 3.04. The Morgan fingerprint density at radius 2 is 2.17 bits per heavy atom. The van der Waals surface area contributed by atoms with E-state index in [9.17, 15) is 0 Å². The number of anilines is 1. The molecule has 0 aliphatic rings. The van der Waals surface area contributed by atoms with Crippen LogP contribution in [0.15, 0.2) is 22.7 Å². The molecule has 0 fully saturated rings. The Labute approximate surface area is 81.5 Å². The van der Waals surface area contributed by atoms with E-state index >= 15 is 0 Å². The van der Waals surface area contributed by atoms with Gasteiger partial charge in [-0.2, -0.15) is 0 Å². The number of hydrogen-bond acceptors (Lipinski definition) is 2. The van der Waals surface area contributed by atoms with E-state index in [1.54, 1.807) is 0 Å². The second-order valence-corrected chi connectivity index (χ2v) is 3.73. The van der Waals surface area contributed by atoms with Gasteiger partial charge in [0.2, 0.25) is 0 Å². The third kappa shape index (κ3) is 1.99. The quantitative estimate of drug-likeness (QED) is 0.787. The number of rotatable bonds is 2. The summed E-state index contributed by atoms with van der Waals surface area (Å²) in [5, 5.41) is 0. The molecule has 1 rings (SSSR count). The fourth-order valence-corrected chi connectivity index (χ4v) is 1.44. The predicted molar refractivity (Wildman–Crippen MR) is 56.3 cm³/mol. The Bertz CT molecular complexity index is 273. The van der Waals surface area contributed by atoms with Crippen molar-refractivity contribution < 1.29 is 0 Å². The van der Waals surface area contributed by atoms with Crippen molar-refractivity contribution in [1.82, 2.24) is 0 Å². The van der Waals surface area contributed by atoms with Crippen LogP contribution < -0.4 is 10.6 Å². The van der Waals surface area contributed by atoms with Crippen LogP contribution in [0.5, 0.6) is 0 Å². The molecule has 2 N–H and O–H groups in total. The fraction of sp³-hybridized carbons (Fsp3) is 0.333. The Kier molecular flexibility index (Phi) is 3.12. The highest BCUT2D eigenvalue weighted by Gasteiger charge is 2.02. The normalized spacial score (nSPS) is 10.0. The molecule has 2 nitrogen and oxygen atoms in total. The molecule has 0 aliphatic carbocycles. The zero-order valence-electron chi connectivity index (χ0n) is 7.34. The maximum atomic E-state index is 5.53.